The zero-order chi connectivity index (χ0) is 17.1. The maximum Gasteiger partial charge on any atom is 0.231 e. The number of ether oxygens (including phenoxy) is 2. The van der Waals surface area contributed by atoms with Gasteiger partial charge < -0.3 is 14.0 Å². The molecule has 0 unspecified atom stereocenters. The van der Waals surface area contributed by atoms with Gasteiger partial charge in [0.2, 0.25) is 6.79 Å². The first kappa shape index (κ1) is 13.7. The van der Waals surface area contributed by atoms with Gasteiger partial charge in [-0.2, -0.15) is 0 Å². The molecule has 2 aliphatic heterocycles. The van der Waals surface area contributed by atoms with E-state index >= 15 is 0 Å². The molecule has 0 amide bonds. The Labute approximate surface area is 148 Å². The maximum absolute atomic E-state index is 5.61. The number of benzene rings is 2. The van der Waals surface area contributed by atoms with E-state index in [1.165, 1.54) is 0 Å². The number of fused-ring (bicyclic) bond motifs is 6. The first-order chi connectivity index (χ1) is 12.9. The Hall–Kier alpha value is -3.61. The fourth-order valence-electron chi connectivity index (χ4n) is 3.63. The van der Waals surface area contributed by atoms with Crippen molar-refractivity contribution in [2.24, 2.45) is 0 Å². The minimum absolute atomic E-state index is 0.229. The van der Waals surface area contributed by atoms with Crippen LogP contribution in [0.15, 0.2) is 55.0 Å². The number of aromatic nitrogens is 5. The first-order valence-electron chi connectivity index (χ1n) is 8.33. The Morgan fingerprint density at radius 3 is 2.73 bits per heavy atom. The molecule has 4 heterocycles. The molecular formula is C19H13N5O2. The summed E-state index contributed by atoms with van der Waals surface area (Å²) < 4.78 is 15.2. The highest BCUT2D eigenvalue weighted by Gasteiger charge is 2.28. The van der Waals surface area contributed by atoms with Crippen LogP contribution in [-0.4, -0.2) is 31.3 Å². The van der Waals surface area contributed by atoms with Crippen LogP contribution in [0.5, 0.6) is 11.5 Å². The number of hydrogen-bond acceptors (Lipinski definition) is 5. The van der Waals surface area contributed by atoms with Crippen molar-refractivity contribution < 1.29 is 9.47 Å². The van der Waals surface area contributed by atoms with Crippen molar-refractivity contribution in [2.75, 3.05) is 6.79 Å². The zero-order valence-corrected chi connectivity index (χ0v) is 13.7. The van der Waals surface area contributed by atoms with Gasteiger partial charge in [0, 0.05) is 17.2 Å². The van der Waals surface area contributed by atoms with Crippen LogP contribution in [0.2, 0.25) is 0 Å². The van der Waals surface area contributed by atoms with Crippen molar-refractivity contribution in [3.05, 3.63) is 60.7 Å². The smallest absolute Gasteiger partial charge is 0.231 e. The molecule has 7 heteroatoms. The number of nitrogens with zero attached hydrogens (tertiary/aromatic N) is 5. The van der Waals surface area contributed by atoms with E-state index < -0.39 is 0 Å². The summed E-state index contributed by atoms with van der Waals surface area (Å²) in [6.07, 6.45) is 3.65. The summed E-state index contributed by atoms with van der Waals surface area (Å²) in [7, 11) is 0. The van der Waals surface area contributed by atoms with Crippen LogP contribution in [-0.2, 0) is 6.54 Å². The van der Waals surface area contributed by atoms with Crippen molar-refractivity contribution in [3.8, 4) is 39.7 Å². The van der Waals surface area contributed by atoms with Gasteiger partial charge in [-0.15, -0.1) is 5.10 Å². The summed E-state index contributed by atoms with van der Waals surface area (Å²) in [5.74, 6) is 1.46. The lowest BCUT2D eigenvalue weighted by Crippen LogP contribution is -2.03. The summed E-state index contributed by atoms with van der Waals surface area (Å²) in [6, 6.07) is 14.2. The van der Waals surface area contributed by atoms with Gasteiger partial charge in [-0.05, 0) is 6.07 Å². The molecule has 0 radical (unpaired) electrons. The second-order valence-electron chi connectivity index (χ2n) is 6.30. The minimum Gasteiger partial charge on any atom is -0.454 e. The monoisotopic (exact) mass is 343 g/mol. The zero-order valence-electron chi connectivity index (χ0n) is 13.7. The van der Waals surface area contributed by atoms with Crippen LogP contribution >= 0.6 is 0 Å². The summed E-state index contributed by atoms with van der Waals surface area (Å²) >= 11 is 0. The lowest BCUT2D eigenvalue weighted by atomic mass is 10.0. The van der Waals surface area contributed by atoms with E-state index in [9.17, 15) is 0 Å². The van der Waals surface area contributed by atoms with Crippen molar-refractivity contribution in [2.45, 2.75) is 6.54 Å². The molecule has 2 aromatic heterocycles. The molecule has 0 saturated carbocycles. The lowest BCUT2D eigenvalue weighted by Gasteiger charge is -2.11. The highest BCUT2D eigenvalue weighted by atomic mass is 16.7. The molecule has 0 N–H and O–H groups in total. The molecule has 0 saturated heterocycles. The van der Waals surface area contributed by atoms with E-state index in [-0.39, 0.29) is 6.79 Å². The van der Waals surface area contributed by atoms with Gasteiger partial charge in [-0.25, -0.2) is 9.67 Å². The first-order valence-corrected chi connectivity index (χ1v) is 8.33. The van der Waals surface area contributed by atoms with Crippen molar-refractivity contribution in [3.63, 3.8) is 0 Å². The largest absolute Gasteiger partial charge is 0.454 e. The Morgan fingerprint density at radius 2 is 1.85 bits per heavy atom. The van der Waals surface area contributed by atoms with Gasteiger partial charge in [0.25, 0.3) is 0 Å². The molecule has 126 valence electrons. The predicted molar refractivity (Wildman–Crippen MR) is 93.2 cm³/mol. The normalized spacial score (nSPS) is 13.7. The summed E-state index contributed by atoms with van der Waals surface area (Å²) in [6.45, 7) is 0.872. The Balaban J connectivity index is 1.69. The SMILES string of the molecule is c1ccc(-c2ncn3c2-c2cc4c(cc2-n2nncc2C3)OCO4)cc1. The van der Waals surface area contributed by atoms with Crippen LogP contribution in [0.3, 0.4) is 0 Å². The van der Waals surface area contributed by atoms with Crippen LogP contribution in [0.1, 0.15) is 5.69 Å². The molecule has 7 nitrogen and oxygen atoms in total. The Bertz CT molecular complexity index is 1150. The third-order valence-corrected chi connectivity index (χ3v) is 4.81. The van der Waals surface area contributed by atoms with Crippen LogP contribution < -0.4 is 9.47 Å². The summed E-state index contributed by atoms with van der Waals surface area (Å²) in [5.41, 5.74) is 5.94. The third kappa shape index (κ3) is 1.79. The molecule has 2 aliphatic rings. The number of imidazole rings is 1. The fourth-order valence-corrected chi connectivity index (χ4v) is 3.63. The summed E-state index contributed by atoms with van der Waals surface area (Å²) in [5, 5.41) is 8.37. The minimum atomic E-state index is 0.229. The molecule has 0 aliphatic carbocycles. The van der Waals surface area contributed by atoms with E-state index in [2.05, 4.69) is 27.0 Å². The molecule has 4 aromatic rings. The van der Waals surface area contributed by atoms with Gasteiger partial charge in [0.05, 0.1) is 41.8 Å². The average Bonchev–Trinajstić information content (AvgIpc) is 3.39. The number of hydrogen-bond donors (Lipinski definition) is 0. The van der Waals surface area contributed by atoms with Gasteiger partial charge in [-0.3, -0.25) is 0 Å². The standard InChI is InChI=1S/C19H13N5O2/c1-2-4-12(5-3-1)18-19-14-6-16-17(26-11-25-16)7-15(14)24-13(8-21-22-24)9-23(19)10-20-18/h1-8,10H,9,11H2. The van der Waals surface area contributed by atoms with Crippen molar-refractivity contribution in [1.29, 1.82) is 0 Å². The van der Waals surface area contributed by atoms with Crippen molar-refractivity contribution in [1.82, 2.24) is 24.5 Å². The van der Waals surface area contributed by atoms with Crippen molar-refractivity contribution >= 4 is 0 Å². The van der Waals surface area contributed by atoms with E-state index in [1.807, 2.05) is 41.3 Å². The van der Waals surface area contributed by atoms with E-state index in [0.717, 1.165) is 45.4 Å². The Kier molecular flexibility index (Phi) is 2.60. The maximum atomic E-state index is 5.61. The average molecular weight is 343 g/mol. The topological polar surface area (TPSA) is 67.0 Å². The fraction of sp³-hybridized carbons (Fsp3) is 0.105. The highest BCUT2D eigenvalue weighted by Crippen LogP contribution is 2.44. The molecule has 0 fully saturated rings. The molecule has 26 heavy (non-hydrogen) atoms. The quantitative estimate of drug-likeness (QED) is 0.468. The van der Waals surface area contributed by atoms with Gasteiger partial charge in [0.1, 0.15) is 0 Å². The highest BCUT2D eigenvalue weighted by molar-refractivity contribution is 5.85. The van der Waals surface area contributed by atoms with Crippen LogP contribution in [0, 0.1) is 0 Å². The molecule has 0 atom stereocenters. The molecular weight excluding hydrogens is 330 g/mol. The Morgan fingerprint density at radius 1 is 1.00 bits per heavy atom. The third-order valence-electron chi connectivity index (χ3n) is 4.81. The van der Waals surface area contributed by atoms with E-state index in [0.29, 0.717) is 6.54 Å². The molecule has 2 aromatic carbocycles. The second kappa shape index (κ2) is 4.95. The van der Waals surface area contributed by atoms with Crippen LogP contribution in [0.25, 0.3) is 28.2 Å². The lowest BCUT2D eigenvalue weighted by molar-refractivity contribution is 0.174. The van der Waals surface area contributed by atoms with Gasteiger partial charge >= 0.3 is 0 Å². The second-order valence-corrected chi connectivity index (χ2v) is 6.30. The molecule has 6 rings (SSSR count). The number of rotatable bonds is 1. The molecule has 0 bridgehead atoms. The van der Waals surface area contributed by atoms with Gasteiger partial charge in [-0.1, -0.05) is 35.5 Å². The van der Waals surface area contributed by atoms with E-state index in [1.54, 1.807) is 6.20 Å². The predicted octanol–water partition coefficient (Wildman–Crippen LogP) is 2.89. The van der Waals surface area contributed by atoms with E-state index in [4.69, 9.17) is 14.5 Å². The van der Waals surface area contributed by atoms with Gasteiger partial charge in [0.15, 0.2) is 11.5 Å². The van der Waals surface area contributed by atoms with Crippen LogP contribution in [0.4, 0.5) is 0 Å². The molecule has 0 spiro atoms. The summed E-state index contributed by atoms with van der Waals surface area (Å²) in [4.78, 5) is 4.70.